The number of hydroxylamine groups is 1. The Morgan fingerprint density at radius 3 is 2.53 bits per heavy atom. The minimum Gasteiger partial charge on any atom is -0.497 e. The minimum absolute atomic E-state index is 0.411. The molecule has 0 radical (unpaired) electrons. The molecule has 19 heavy (non-hydrogen) atoms. The van der Waals surface area contributed by atoms with E-state index in [4.69, 9.17) is 9.84 Å². The van der Waals surface area contributed by atoms with E-state index in [-0.39, 0.29) is 0 Å². The number of benzene rings is 1. The first-order valence-corrected chi connectivity index (χ1v) is 5.62. The lowest BCUT2D eigenvalue weighted by Crippen LogP contribution is -2.37. The lowest BCUT2D eigenvalue weighted by atomic mass is 10.1. The number of amides is 2. The number of carboxylic acid groups (broad SMARTS) is 1. The summed E-state index contributed by atoms with van der Waals surface area (Å²) in [4.78, 5) is 25.7. The van der Waals surface area contributed by atoms with Crippen LogP contribution in [0.1, 0.15) is 5.56 Å². The van der Waals surface area contributed by atoms with Crippen LogP contribution in [0.5, 0.6) is 5.75 Å². The lowest BCUT2D eigenvalue weighted by molar-refractivity contribution is -0.144. The highest BCUT2D eigenvalue weighted by Gasteiger charge is 2.02. The van der Waals surface area contributed by atoms with Crippen LogP contribution >= 0.6 is 0 Å². The van der Waals surface area contributed by atoms with Crippen molar-refractivity contribution in [2.24, 2.45) is 0 Å². The molecular formula is C12H16N2O5. The van der Waals surface area contributed by atoms with Crippen molar-refractivity contribution in [3.8, 4) is 5.75 Å². The zero-order valence-electron chi connectivity index (χ0n) is 10.5. The van der Waals surface area contributed by atoms with Gasteiger partial charge in [-0.15, -0.1) is 0 Å². The van der Waals surface area contributed by atoms with Crippen molar-refractivity contribution >= 4 is 12.0 Å². The molecule has 0 atom stereocenters. The molecule has 0 saturated heterocycles. The molecule has 7 heteroatoms. The van der Waals surface area contributed by atoms with Crippen molar-refractivity contribution in [3.05, 3.63) is 29.8 Å². The van der Waals surface area contributed by atoms with Crippen molar-refractivity contribution in [2.45, 2.75) is 6.42 Å². The van der Waals surface area contributed by atoms with Gasteiger partial charge in [0.25, 0.3) is 0 Å². The van der Waals surface area contributed by atoms with Crippen LogP contribution in [0, 0.1) is 0 Å². The van der Waals surface area contributed by atoms with Crippen LogP contribution in [0.3, 0.4) is 0 Å². The third kappa shape index (κ3) is 6.27. The number of nitrogens with one attached hydrogen (secondary N) is 2. The molecule has 0 heterocycles. The second-order valence-electron chi connectivity index (χ2n) is 3.64. The smallest absolute Gasteiger partial charge is 0.338 e. The first-order valence-electron chi connectivity index (χ1n) is 5.62. The summed E-state index contributed by atoms with van der Waals surface area (Å²) >= 11 is 0. The van der Waals surface area contributed by atoms with E-state index in [9.17, 15) is 9.59 Å². The van der Waals surface area contributed by atoms with Crippen molar-refractivity contribution in [2.75, 3.05) is 20.3 Å². The maximum Gasteiger partial charge on any atom is 0.338 e. The Bertz CT molecular complexity index is 419. The second kappa shape index (κ2) is 7.93. The molecule has 3 N–H and O–H groups in total. The van der Waals surface area contributed by atoms with Gasteiger partial charge in [-0.25, -0.2) is 15.1 Å². The highest BCUT2D eigenvalue weighted by Crippen LogP contribution is 2.11. The quantitative estimate of drug-likeness (QED) is 0.628. The second-order valence-corrected chi connectivity index (χ2v) is 3.64. The fourth-order valence-corrected chi connectivity index (χ4v) is 1.31. The molecule has 0 unspecified atom stereocenters. The van der Waals surface area contributed by atoms with Crippen molar-refractivity contribution in [1.82, 2.24) is 10.8 Å². The average molecular weight is 268 g/mol. The molecule has 0 bridgehead atoms. The molecular weight excluding hydrogens is 252 g/mol. The van der Waals surface area contributed by atoms with Crippen LogP contribution in [0.15, 0.2) is 24.3 Å². The van der Waals surface area contributed by atoms with Gasteiger partial charge in [0.1, 0.15) is 5.75 Å². The molecule has 0 aromatic heterocycles. The maximum atomic E-state index is 11.2. The molecule has 7 nitrogen and oxygen atoms in total. The van der Waals surface area contributed by atoms with Gasteiger partial charge in [-0.3, -0.25) is 4.84 Å². The summed E-state index contributed by atoms with van der Waals surface area (Å²) in [5.74, 6) is -0.380. The maximum absolute atomic E-state index is 11.2. The molecule has 1 aromatic carbocycles. The van der Waals surface area contributed by atoms with E-state index in [1.807, 2.05) is 29.7 Å². The van der Waals surface area contributed by atoms with Crippen molar-refractivity contribution in [1.29, 1.82) is 0 Å². The molecule has 0 spiro atoms. The van der Waals surface area contributed by atoms with Gasteiger partial charge in [0.15, 0.2) is 6.61 Å². The van der Waals surface area contributed by atoms with Gasteiger partial charge in [0.2, 0.25) is 0 Å². The summed E-state index contributed by atoms with van der Waals surface area (Å²) < 4.78 is 5.03. The van der Waals surface area contributed by atoms with E-state index < -0.39 is 18.6 Å². The highest BCUT2D eigenvalue weighted by molar-refractivity contribution is 5.73. The fraction of sp³-hybridized carbons (Fsp3) is 0.333. The predicted molar refractivity (Wildman–Crippen MR) is 66.8 cm³/mol. The van der Waals surface area contributed by atoms with E-state index in [0.29, 0.717) is 13.0 Å². The van der Waals surface area contributed by atoms with Crippen molar-refractivity contribution in [3.63, 3.8) is 0 Å². The van der Waals surface area contributed by atoms with Crippen LogP contribution in [0.2, 0.25) is 0 Å². The largest absolute Gasteiger partial charge is 0.497 e. The number of urea groups is 1. The Morgan fingerprint density at radius 2 is 1.95 bits per heavy atom. The molecule has 2 amide bonds. The SMILES string of the molecule is COc1ccc(CCNC(=O)NOCC(=O)O)cc1. The Balaban J connectivity index is 2.18. The number of hydrogen-bond acceptors (Lipinski definition) is 4. The standard InChI is InChI=1S/C12H16N2O5/c1-18-10-4-2-9(3-5-10)6-7-13-12(17)14-19-8-11(15)16/h2-5H,6-8H2,1H3,(H,15,16)(H2,13,14,17). The third-order valence-corrected chi connectivity index (χ3v) is 2.22. The summed E-state index contributed by atoms with van der Waals surface area (Å²) in [6.45, 7) is -0.166. The predicted octanol–water partition coefficient (Wildman–Crippen LogP) is 0.553. The number of aliphatic carboxylic acids is 1. The topological polar surface area (TPSA) is 96.9 Å². The zero-order chi connectivity index (χ0) is 14.1. The van der Waals surface area contributed by atoms with Gasteiger partial charge in [-0.2, -0.15) is 0 Å². The van der Waals surface area contributed by atoms with Crippen molar-refractivity contribution < 1.29 is 24.3 Å². The highest BCUT2D eigenvalue weighted by atomic mass is 16.7. The Kier molecular flexibility index (Phi) is 6.17. The number of carboxylic acids is 1. The molecule has 104 valence electrons. The van der Waals surface area contributed by atoms with Gasteiger partial charge >= 0.3 is 12.0 Å². The average Bonchev–Trinajstić information content (AvgIpc) is 2.39. The zero-order valence-corrected chi connectivity index (χ0v) is 10.5. The first kappa shape index (κ1) is 14.8. The Hall–Kier alpha value is -2.28. The van der Waals surface area contributed by atoms with Crippen LogP contribution in [0.25, 0.3) is 0 Å². The summed E-state index contributed by atoms with van der Waals surface area (Å²) in [7, 11) is 1.60. The Labute approximate surface area is 110 Å². The van der Waals surface area contributed by atoms with Gasteiger partial charge in [-0.05, 0) is 24.1 Å². The Morgan fingerprint density at radius 1 is 1.26 bits per heavy atom. The summed E-state index contributed by atoms with van der Waals surface area (Å²) in [6.07, 6.45) is 0.649. The number of ether oxygens (including phenoxy) is 1. The molecule has 0 fully saturated rings. The van der Waals surface area contributed by atoms with Gasteiger partial charge in [-0.1, -0.05) is 12.1 Å². The summed E-state index contributed by atoms with van der Waals surface area (Å²) in [6, 6.07) is 6.91. The van der Waals surface area contributed by atoms with E-state index >= 15 is 0 Å². The number of hydrogen-bond donors (Lipinski definition) is 3. The summed E-state index contributed by atoms with van der Waals surface area (Å²) in [5.41, 5.74) is 3.02. The van der Waals surface area contributed by atoms with E-state index in [1.165, 1.54) is 0 Å². The number of rotatable bonds is 7. The minimum atomic E-state index is -1.15. The van der Waals surface area contributed by atoms with E-state index in [2.05, 4.69) is 10.2 Å². The molecule has 0 aliphatic carbocycles. The van der Waals surface area contributed by atoms with Gasteiger partial charge in [0, 0.05) is 6.54 Å². The third-order valence-electron chi connectivity index (χ3n) is 2.22. The van der Waals surface area contributed by atoms with Crippen LogP contribution in [-0.4, -0.2) is 37.4 Å². The molecule has 0 saturated carbocycles. The van der Waals surface area contributed by atoms with Gasteiger partial charge < -0.3 is 15.2 Å². The van der Waals surface area contributed by atoms with Crippen LogP contribution in [-0.2, 0) is 16.1 Å². The molecule has 1 aromatic rings. The molecule has 0 aliphatic heterocycles. The lowest BCUT2D eigenvalue weighted by Gasteiger charge is -2.07. The number of methoxy groups -OCH3 is 1. The van der Waals surface area contributed by atoms with Gasteiger partial charge in [0.05, 0.1) is 7.11 Å². The first-order chi connectivity index (χ1) is 9.11. The number of carbonyl (C=O) groups excluding carboxylic acids is 1. The van der Waals surface area contributed by atoms with E-state index in [1.54, 1.807) is 7.11 Å². The normalized spacial score (nSPS) is 9.74. The fourth-order valence-electron chi connectivity index (χ4n) is 1.31. The monoisotopic (exact) mass is 268 g/mol. The van der Waals surface area contributed by atoms with E-state index in [0.717, 1.165) is 11.3 Å². The number of carbonyl (C=O) groups is 2. The van der Waals surface area contributed by atoms with Crippen LogP contribution in [0.4, 0.5) is 4.79 Å². The van der Waals surface area contributed by atoms with Crippen LogP contribution < -0.4 is 15.5 Å². The molecule has 1 rings (SSSR count). The summed E-state index contributed by atoms with van der Waals surface area (Å²) in [5, 5.41) is 10.8. The molecule has 0 aliphatic rings.